The maximum Gasteiger partial charge on any atom is 0.251 e. The molecule has 2 N–H and O–H groups in total. The normalized spacial score (nSPS) is 22.5. The number of carbonyl (C=O) groups excluding carboxylic acids is 1. The molecule has 3 nitrogen and oxygen atoms in total. The van der Waals surface area contributed by atoms with Crippen molar-refractivity contribution >= 4 is 5.91 Å². The molecule has 0 aliphatic carbocycles. The molecular weight excluding hydrogens is 224 g/mol. The predicted molar refractivity (Wildman–Crippen MR) is 73.7 cm³/mol. The highest BCUT2D eigenvalue weighted by Crippen LogP contribution is 2.25. The average Bonchev–Trinajstić information content (AvgIpc) is 2.31. The van der Waals surface area contributed by atoms with Gasteiger partial charge in [-0.05, 0) is 37.4 Å². The van der Waals surface area contributed by atoms with Gasteiger partial charge in [0.2, 0.25) is 0 Å². The first-order chi connectivity index (χ1) is 8.49. The summed E-state index contributed by atoms with van der Waals surface area (Å²) < 4.78 is 0. The minimum absolute atomic E-state index is 0.0404. The maximum absolute atomic E-state index is 12.2. The van der Waals surface area contributed by atoms with Gasteiger partial charge in [-0.15, -0.1) is 0 Å². The second-order valence-corrected chi connectivity index (χ2v) is 5.85. The molecule has 0 bridgehead atoms. The monoisotopic (exact) mass is 246 g/mol. The van der Waals surface area contributed by atoms with Gasteiger partial charge in [-0.2, -0.15) is 0 Å². The SMILES string of the molecule is Cc1cccc(C(=O)NC2CCNCC2(C)C)c1. The van der Waals surface area contributed by atoms with E-state index in [9.17, 15) is 4.79 Å². The number of aryl methyl sites for hydroxylation is 1. The van der Waals surface area contributed by atoms with Crippen LogP contribution in [0.2, 0.25) is 0 Å². The van der Waals surface area contributed by atoms with Gasteiger partial charge in [0.1, 0.15) is 0 Å². The van der Waals surface area contributed by atoms with Crippen molar-refractivity contribution in [3.05, 3.63) is 35.4 Å². The lowest BCUT2D eigenvalue weighted by Gasteiger charge is -2.39. The van der Waals surface area contributed by atoms with Crippen LogP contribution < -0.4 is 10.6 Å². The minimum Gasteiger partial charge on any atom is -0.349 e. The van der Waals surface area contributed by atoms with Crippen molar-refractivity contribution < 1.29 is 4.79 Å². The van der Waals surface area contributed by atoms with Gasteiger partial charge in [0.15, 0.2) is 0 Å². The lowest BCUT2D eigenvalue weighted by molar-refractivity contribution is 0.0868. The molecule has 0 saturated carbocycles. The Hall–Kier alpha value is -1.35. The summed E-state index contributed by atoms with van der Waals surface area (Å²) in [6.45, 7) is 8.32. The number of nitrogens with one attached hydrogen (secondary N) is 2. The smallest absolute Gasteiger partial charge is 0.251 e. The fraction of sp³-hybridized carbons (Fsp3) is 0.533. The van der Waals surface area contributed by atoms with Crippen LogP contribution in [0.25, 0.3) is 0 Å². The standard InChI is InChI=1S/C15H22N2O/c1-11-5-4-6-12(9-11)14(18)17-13-7-8-16-10-15(13,2)3/h4-6,9,13,16H,7-8,10H2,1-3H3,(H,17,18). The molecule has 0 spiro atoms. The molecule has 98 valence electrons. The van der Waals surface area contributed by atoms with E-state index in [4.69, 9.17) is 0 Å². The molecule has 3 heteroatoms. The van der Waals surface area contributed by atoms with Crippen molar-refractivity contribution in [1.82, 2.24) is 10.6 Å². The molecular formula is C15H22N2O. The first-order valence-corrected chi connectivity index (χ1v) is 6.57. The predicted octanol–water partition coefficient (Wildman–Crippen LogP) is 2.11. The summed E-state index contributed by atoms with van der Waals surface area (Å²) in [5, 5.41) is 6.55. The van der Waals surface area contributed by atoms with Gasteiger partial charge in [-0.25, -0.2) is 0 Å². The van der Waals surface area contributed by atoms with E-state index >= 15 is 0 Å². The number of hydrogen-bond donors (Lipinski definition) is 2. The highest BCUT2D eigenvalue weighted by molar-refractivity contribution is 5.94. The van der Waals surface area contributed by atoms with Crippen LogP contribution in [-0.4, -0.2) is 25.0 Å². The first kappa shape index (κ1) is 13.1. The molecule has 0 aromatic heterocycles. The van der Waals surface area contributed by atoms with Gasteiger partial charge < -0.3 is 10.6 Å². The fourth-order valence-electron chi connectivity index (χ4n) is 2.47. The molecule has 1 fully saturated rings. The molecule has 18 heavy (non-hydrogen) atoms. The summed E-state index contributed by atoms with van der Waals surface area (Å²) in [6, 6.07) is 7.98. The number of rotatable bonds is 2. The number of piperidine rings is 1. The second kappa shape index (κ2) is 5.11. The van der Waals surface area contributed by atoms with E-state index in [0.29, 0.717) is 0 Å². The van der Waals surface area contributed by atoms with Crippen molar-refractivity contribution in [2.45, 2.75) is 33.2 Å². The van der Waals surface area contributed by atoms with Crippen LogP contribution in [-0.2, 0) is 0 Å². The Balaban J connectivity index is 2.07. The van der Waals surface area contributed by atoms with Crippen LogP contribution in [0.3, 0.4) is 0 Å². The molecule has 1 amide bonds. The van der Waals surface area contributed by atoms with Crippen LogP contribution in [0.5, 0.6) is 0 Å². The molecule has 1 aromatic carbocycles. The van der Waals surface area contributed by atoms with Gasteiger partial charge in [-0.3, -0.25) is 4.79 Å². The third-order valence-electron chi connectivity index (χ3n) is 3.72. The number of hydrogen-bond acceptors (Lipinski definition) is 2. The van der Waals surface area contributed by atoms with Gasteiger partial charge >= 0.3 is 0 Å². The van der Waals surface area contributed by atoms with Gasteiger partial charge in [0.05, 0.1) is 0 Å². The summed E-state index contributed by atoms with van der Waals surface area (Å²) in [5.74, 6) is 0.0404. The van der Waals surface area contributed by atoms with Crippen LogP contribution in [0.4, 0.5) is 0 Å². The molecule has 1 aromatic rings. The van der Waals surface area contributed by atoms with Crippen LogP contribution in [0.1, 0.15) is 36.2 Å². The zero-order valence-corrected chi connectivity index (χ0v) is 11.4. The summed E-state index contributed by atoms with van der Waals surface area (Å²) in [7, 11) is 0. The van der Waals surface area contributed by atoms with Gasteiger partial charge in [0.25, 0.3) is 5.91 Å². The van der Waals surface area contributed by atoms with Crippen molar-refractivity contribution in [3.8, 4) is 0 Å². The van der Waals surface area contributed by atoms with Crippen LogP contribution in [0.15, 0.2) is 24.3 Å². The van der Waals surface area contributed by atoms with Gasteiger partial charge in [-0.1, -0.05) is 31.5 Å². The Morgan fingerprint density at radius 3 is 2.89 bits per heavy atom. The molecule has 0 radical (unpaired) electrons. The lowest BCUT2D eigenvalue weighted by atomic mass is 9.80. The lowest BCUT2D eigenvalue weighted by Crippen LogP contribution is -2.54. The Kier molecular flexibility index (Phi) is 3.71. The Morgan fingerprint density at radius 2 is 2.22 bits per heavy atom. The van der Waals surface area contributed by atoms with Crippen molar-refractivity contribution in [2.75, 3.05) is 13.1 Å². The Morgan fingerprint density at radius 1 is 1.44 bits per heavy atom. The van der Waals surface area contributed by atoms with Crippen LogP contribution in [0, 0.1) is 12.3 Å². The van der Waals surface area contributed by atoms with Crippen molar-refractivity contribution in [3.63, 3.8) is 0 Å². The fourth-order valence-corrected chi connectivity index (χ4v) is 2.47. The summed E-state index contributed by atoms with van der Waals surface area (Å²) >= 11 is 0. The molecule has 2 rings (SSSR count). The topological polar surface area (TPSA) is 41.1 Å². The molecule has 1 atom stereocenters. The first-order valence-electron chi connectivity index (χ1n) is 6.57. The largest absolute Gasteiger partial charge is 0.349 e. The zero-order chi connectivity index (χ0) is 13.2. The molecule has 1 unspecified atom stereocenters. The Bertz CT molecular complexity index is 440. The summed E-state index contributed by atoms with van der Waals surface area (Å²) in [6.07, 6.45) is 0.991. The zero-order valence-electron chi connectivity index (χ0n) is 11.4. The molecule has 1 saturated heterocycles. The molecule has 1 aliphatic rings. The summed E-state index contributed by atoms with van der Waals surface area (Å²) in [5.41, 5.74) is 1.98. The third kappa shape index (κ3) is 2.91. The van der Waals surface area contributed by atoms with E-state index in [0.717, 1.165) is 30.6 Å². The van der Waals surface area contributed by atoms with E-state index in [2.05, 4.69) is 24.5 Å². The van der Waals surface area contributed by atoms with E-state index in [-0.39, 0.29) is 17.4 Å². The highest BCUT2D eigenvalue weighted by Gasteiger charge is 2.33. The summed E-state index contributed by atoms with van der Waals surface area (Å²) in [4.78, 5) is 12.2. The van der Waals surface area contributed by atoms with Crippen LogP contribution >= 0.6 is 0 Å². The number of amides is 1. The van der Waals surface area contributed by atoms with Crippen molar-refractivity contribution in [1.29, 1.82) is 0 Å². The average molecular weight is 246 g/mol. The Labute approximate surface area is 109 Å². The van der Waals surface area contributed by atoms with E-state index in [1.807, 2.05) is 31.2 Å². The molecule has 1 heterocycles. The van der Waals surface area contributed by atoms with Gasteiger partial charge in [0, 0.05) is 18.2 Å². The molecule has 1 aliphatic heterocycles. The number of benzene rings is 1. The minimum atomic E-state index is 0.0404. The maximum atomic E-state index is 12.2. The number of carbonyl (C=O) groups is 1. The van der Waals surface area contributed by atoms with Crippen molar-refractivity contribution in [2.24, 2.45) is 5.41 Å². The van der Waals surface area contributed by atoms with E-state index in [1.165, 1.54) is 0 Å². The van der Waals surface area contributed by atoms with E-state index in [1.54, 1.807) is 0 Å². The second-order valence-electron chi connectivity index (χ2n) is 5.85. The highest BCUT2D eigenvalue weighted by atomic mass is 16.1. The van der Waals surface area contributed by atoms with E-state index < -0.39 is 0 Å². The third-order valence-corrected chi connectivity index (χ3v) is 3.72. The quantitative estimate of drug-likeness (QED) is 0.839.